The quantitative estimate of drug-likeness (QED) is 0.897. The molecule has 0 aromatic carbocycles. The first kappa shape index (κ1) is 11.5. The van der Waals surface area contributed by atoms with Crippen LogP contribution in [0.1, 0.15) is 56.5 Å². The van der Waals surface area contributed by atoms with Crippen molar-refractivity contribution >= 4 is 0 Å². The molecule has 0 aliphatic heterocycles. The highest BCUT2D eigenvalue weighted by molar-refractivity contribution is 5.56. The molecule has 2 heterocycles. The lowest BCUT2D eigenvalue weighted by Crippen LogP contribution is -2.06. The lowest BCUT2D eigenvalue weighted by atomic mass is 9.89. The van der Waals surface area contributed by atoms with Gasteiger partial charge in [0.2, 0.25) is 0 Å². The SMILES string of the molecule is CCc1occc1-c1n[nH]c(C2CCCCC2)n1. The molecule has 1 aliphatic rings. The van der Waals surface area contributed by atoms with E-state index in [1.165, 1.54) is 32.1 Å². The van der Waals surface area contributed by atoms with Crippen molar-refractivity contribution in [3.8, 4) is 11.4 Å². The molecule has 18 heavy (non-hydrogen) atoms. The number of nitrogens with one attached hydrogen (secondary N) is 1. The molecule has 4 heteroatoms. The van der Waals surface area contributed by atoms with Gasteiger partial charge >= 0.3 is 0 Å². The van der Waals surface area contributed by atoms with Crippen LogP contribution in [0.5, 0.6) is 0 Å². The maximum Gasteiger partial charge on any atom is 0.184 e. The molecular formula is C14H19N3O. The van der Waals surface area contributed by atoms with Crippen molar-refractivity contribution in [2.75, 3.05) is 0 Å². The van der Waals surface area contributed by atoms with E-state index in [4.69, 9.17) is 4.42 Å². The van der Waals surface area contributed by atoms with Crippen LogP contribution in [-0.4, -0.2) is 15.2 Å². The van der Waals surface area contributed by atoms with Crippen molar-refractivity contribution in [2.24, 2.45) is 0 Å². The van der Waals surface area contributed by atoms with E-state index in [-0.39, 0.29) is 0 Å². The van der Waals surface area contributed by atoms with E-state index in [0.29, 0.717) is 5.92 Å². The van der Waals surface area contributed by atoms with Crippen molar-refractivity contribution in [1.82, 2.24) is 15.2 Å². The first-order valence-electron chi connectivity index (χ1n) is 6.87. The van der Waals surface area contributed by atoms with Gasteiger partial charge in [-0.25, -0.2) is 4.98 Å². The first-order valence-corrected chi connectivity index (χ1v) is 6.87. The summed E-state index contributed by atoms with van der Waals surface area (Å²) in [5.41, 5.74) is 1.02. The van der Waals surface area contributed by atoms with Gasteiger partial charge in [0.1, 0.15) is 11.6 Å². The number of hydrogen-bond donors (Lipinski definition) is 1. The Morgan fingerprint density at radius 2 is 2.17 bits per heavy atom. The molecule has 0 spiro atoms. The highest BCUT2D eigenvalue weighted by Gasteiger charge is 2.20. The van der Waals surface area contributed by atoms with Crippen LogP contribution in [-0.2, 0) is 6.42 Å². The molecular weight excluding hydrogens is 226 g/mol. The van der Waals surface area contributed by atoms with Crippen molar-refractivity contribution in [2.45, 2.75) is 51.4 Å². The van der Waals surface area contributed by atoms with Gasteiger partial charge in [-0.05, 0) is 18.9 Å². The molecule has 1 fully saturated rings. The van der Waals surface area contributed by atoms with Gasteiger partial charge < -0.3 is 4.42 Å². The fraction of sp³-hybridized carbons (Fsp3) is 0.571. The van der Waals surface area contributed by atoms with E-state index in [9.17, 15) is 0 Å². The van der Waals surface area contributed by atoms with Crippen LogP contribution < -0.4 is 0 Å². The Labute approximate surface area is 107 Å². The fourth-order valence-electron chi connectivity index (χ4n) is 2.77. The van der Waals surface area contributed by atoms with Crippen LogP contribution >= 0.6 is 0 Å². The topological polar surface area (TPSA) is 54.7 Å². The molecule has 0 unspecified atom stereocenters. The maximum atomic E-state index is 5.43. The lowest BCUT2D eigenvalue weighted by molar-refractivity contribution is 0.429. The first-order chi connectivity index (χ1) is 8.88. The molecule has 0 atom stereocenters. The minimum absolute atomic E-state index is 0.567. The average molecular weight is 245 g/mol. The van der Waals surface area contributed by atoms with Gasteiger partial charge in [0.15, 0.2) is 5.82 Å². The third-order valence-corrected chi connectivity index (χ3v) is 3.80. The monoisotopic (exact) mass is 245 g/mol. The van der Waals surface area contributed by atoms with Gasteiger partial charge in [-0.1, -0.05) is 26.2 Å². The van der Waals surface area contributed by atoms with Crippen molar-refractivity contribution in [3.05, 3.63) is 23.9 Å². The third-order valence-electron chi connectivity index (χ3n) is 3.80. The Kier molecular flexibility index (Phi) is 3.17. The van der Waals surface area contributed by atoms with Crippen molar-refractivity contribution in [3.63, 3.8) is 0 Å². The molecule has 0 saturated heterocycles. The average Bonchev–Trinajstić information content (AvgIpc) is 3.08. The molecule has 0 radical (unpaired) electrons. The zero-order chi connectivity index (χ0) is 12.4. The lowest BCUT2D eigenvalue weighted by Gasteiger charge is -2.18. The van der Waals surface area contributed by atoms with Gasteiger partial charge in [-0.3, -0.25) is 5.10 Å². The largest absolute Gasteiger partial charge is 0.469 e. The second-order valence-electron chi connectivity index (χ2n) is 4.99. The van der Waals surface area contributed by atoms with Crippen molar-refractivity contribution < 1.29 is 4.42 Å². The van der Waals surface area contributed by atoms with Gasteiger partial charge in [0.25, 0.3) is 0 Å². The van der Waals surface area contributed by atoms with Gasteiger partial charge in [0.05, 0.1) is 11.8 Å². The number of nitrogens with zero attached hydrogens (tertiary/aromatic N) is 2. The molecule has 2 aromatic heterocycles. The molecule has 2 aromatic rings. The van der Waals surface area contributed by atoms with Crippen molar-refractivity contribution in [1.29, 1.82) is 0 Å². The molecule has 3 rings (SSSR count). The molecule has 4 nitrogen and oxygen atoms in total. The fourth-order valence-corrected chi connectivity index (χ4v) is 2.77. The highest BCUT2D eigenvalue weighted by Crippen LogP contribution is 2.31. The highest BCUT2D eigenvalue weighted by atomic mass is 16.3. The normalized spacial score (nSPS) is 17.2. The van der Waals surface area contributed by atoms with Crippen LogP contribution in [0.3, 0.4) is 0 Å². The Balaban J connectivity index is 1.84. The zero-order valence-corrected chi connectivity index (χ0v) is 10.8. The minimum atomic E-state index is 0.567. The van der Waals surface area contributed by atoms with Gasteiger partial charge in [0, 0.05) is 12.3 Å². The smallest absolute Gasteiger partial charge is 0.184 e. The third kappa shape index (κ3) is 2.07. The zero-order valence-electron chi connectivity index (χ0n) is 10.8. The second kappa shape index (κ2) is 4.96. The van der Waals surface area contributed by atoms with E-state index in [1.807, 2.05) is 6.07 Å². The van der Waals surface area contributed by atoms with Crippen LogP contribution in [0.2, 0.25) is 0 Å². The Morgan fingerprint density at radius 1 is 1.33 bits per heavy atom. The summed E-state index contributed by atoms with van der Waals surface area (Å²) in [7, 11) is 0. The number of aryl methyl sites for hydroxylation is 1. The Hall–Kier alpha value is -1.58. The van der Waals surface area contributed by atoms with Crippen LogP contribution in [0.25, 0.3) is 11.4 Å². The Morgan fingerprint density at radius 3 is 2.94 bits per heavy atom. The summed E-state index contributed by atoms with van der Waals surface area (Å²) in [6.45, 7) is 2.08. The minimum Gasteiger partial charge on any atom is -0.469 e. The van der Waals surface area contributed by atoms with Gasteiger partial charge in [-0.2, -0.15) is 5.10 Å². The van der Waals surface area contributed by atoms with Crippen LogP contribution in [0.4, 0.5) is 0 Å². The number of rotatable bonds is 3. The van der Waals surface area contributed by atoms with E-state index >= 15 is 0 Å². The molecule has 1 aliphatic carbocycles. The van der Waals surface area contributed by atoms with Crippen LogP contribution in [0.15, 0.2) is 16.7 Å². The number of furan rings is 1. The van der Waals surface area contributed by atoms with E-state index in [0.717, 1.165) is 29.4 Å². The summed E-state index contributed by atoms with van der Waals surface area (Å²) in [6.07, 6.45) is 9.04. The maximum absolute atomic E-state index is 5.43. The number of H-pyrrole nitrogens is 1. The number of aromatic nitrogens is 3. The summed E-state index contributed by atoms with van der Waals surface area (Å²) in [6, 6.07) is 1.95. The number of aromatic amines is 1. The molecule has 1 N–H and O–H groups in total. The van der Waals surface area contributed by atoms with E-state index in [1.54, 1.807) is 6.26 Å². The predicted molar refractivity (Wildman–Crippen MR) is 69.3 cm³/mol. The predicted octanol–water partition coefficient (Wildman–Crippen LogP) is 3.67. The summed E-state index contributed by atoms with van der Waals surface area (Å²) in [4.78, 5) is 4.66. The Bertz CT molecular complexity index is 509. The number of hydrogen-bond acceptors (Lipinski definition) is 3. The summed E-state index contributed by atoms with van der Waals surface area (Å²) >= 11 is 0. The molecule has 1 saturated carbocycles. The van der Waals surface area contributed by atoms with E-state index < -0.39 is 0 Å². The standard InChI is InChI=1S/C14H19N3O/c1-2-12-11(8-9-18-12)14-15-13(16-17-14)10-6-4-3-5-7-10/h8-10H,2-7H2,1H3,(H,15,16,17). The van der Waals surface area contributed by atoms with Crippen LogP contribution in [0, 0.1) is 0 Å². The molecule has 0 amide bonds. The van der Waals surface area contributed by atoms with Gasteiger partial charge in [-0.15, -0.1) is 0 Å². The summed E-state index contributed by atoms with van der Waals surface area (Å²) in [5.74, 6) is 3.36. The molecule has 0 bridgehead atoms. The second-order valence-corrected chi connectivity index (χ2v) is 4.99. The summed E-state index contributed by atoms with van der Waals surface area (Å²) < 4.78 is 5.43. The van der Waals surface area contributed by atoms with E-state index in [2.05, 4.69) is 22.1 Å². The molecule has 96 valence electrons. The summed E-state index contributed by atoms with van der Waals surface area (Å²) in [5, 5.41) is 7.46.